The van der Waals surface area contributed by atoms with Gasteiger partial charge in [0.2, 0.25) is 0 Å². The largest absolute Gasteiger partial charge is 0.483 e. The number of rotatable bonds is 4. The molecule has 1 aromatic heterocycles. The number of likely N-dealkylation sites (tertiary alicyclic amines) is 1. The van der Waals surface area contributed by atoms with Crippen molar-refractivity contribution in [3.05, 3.63) is 18.2 Å². The molecule has 7 heteroatoms. The first-order chi connectivity index (χ1) is 9.92. The highest BCUT2D eigenvalue weighted by atomic mass is 16.3. The summed E-state index contributed by atoms with van der Waals surface area (Å²) >= 11 is 0. The zero-order chi connectivity index (χ0) is 15.9. The van der Waals surface area contributed by atoms with Crippen LogP contribution in [0.1, 0.15) is 37.2 Å². The van der Waals surface area contributed by atoms with E-state index in [1.54, 1.807) is 17.1 Å². The molecule has 1 aliphatic rings. The van der Waals surface area contributed by atoms with E-state index in [4.69, 9.17) is 9.90 Å². The number of carboxylic acid groups (broad SMARTS) is 1. The minimum Gasteiger partial charge on any atom is -0.483 e. The maximum Gasteiger partial charge on any atom is 0.290 e. The molecule has 0 aliphatic carbocycles. The fourth-order valence-electron chi connectivity index (χ4n) is 2.40. The van der Waals surface area contributed by atoms with Gasteiger partial charge in [-0.1, -0.05) is 0 Å². The fourth-order valence-corrected chi connectivity index (χ4v) is 2.40. The molecule has 0 unspecified atom stereocenters. The number of nitrogens with one attached hydrogen (secondary N) is 1. The molecule has 118 valence electrons. The van der Waals surface area contributed by atoms with Gasteiger partial charge >= 0.3 is 0 Å². The number of nitrogens with zero attached hydrogens (tertiary/aromatic N) is 3. The van der Waals surface area contributed by atoms with Crippen LogP contribution in [-0.2, 0) is 11.8 Å². The quantitative estimate of drug-likeness (QED) is 0.800. The summed E-state index contributed by atoms with van der Waals surface area (Å²) in [4.78, 5) is 26.8. The molecule has 0 aromatic carbocycles. The summed E-state index contributed by atoms with van der Waals surface area (Å²) in [5, 5.41) is 9.89. The Morgan fingerprint density at radius 3 is 2.52 bits per heavy atom. The van der Waals surface area contributed by atoms with E-state index in [-0.39, 0.29) is 17.9 Å². The smallest absolute Gasteiger partial charge is 0.290 e. The number of hydrogen-bond donors (Lipinski definition) is 2. The molecule has 0 atom stereocenters. The van der Waals surface area contributed by atoms with Crippen molar-refractivity contribution in [2.24, 2.45) is 7.05 Å². The highest BCUT2D eigenvalue weighted by Crippen LogP contribution is 2.20. The van der Waals surface area contributed by atoms with Gasteiger partial charge in [0.1, 0.15) is 5.69 Å². The van der Waals surface area contributed by atoms with E-state index >= 15 is 0 Å². The Hall–Kier alpha value is -1.89. The lowest BCUT2D eigenvalue weighted by Gasteiger charge is -2.35. The van der Waals surface area contributed by atoms with Crippen LogP contribution >= 0.6 is 0 Å². The Balaban J connectivity index is 0.000000677. The van der Waals surface area contributed by atoms with E-state index in [1.165, 1.54) is 12.8 Å². The molecule has 1 saturated heterocycles. The second kappa shape index (κ2) is 7.78. The monoisotopic (exact) mass is 296 g/mol. The summed E-state index contributed by atoms with van der Waals surface area (Å²) in [7, 11) is 1.83. The maximum atomic E-state index is 12.0. The van der Waals surface area contributed by atoms with E-state index in [0.29, 0.717) is 12.2 Å². The highest BCUT2D eigenvalue weighted by Gasteiger charge is 2.29. The van der Waals surface area contributed by atoms with Gasteiger partial charge in [0.05, 0.1) is 12.5 Å². The van der Waals surface area contributed by atoms with E-state index in [9.17, 15) is 4.79 Å². The molecule has 0 saturated carbocycles. The van der Waals surface area contributed by atoms with Crippen LogP contribution in [0.4, 0.5) is 0 Å². The lowest BCUT2D eigenvalue weighted by molar-refractivity contribution is -0.122. The Kier molecular flexibility index (Phi) is 6.36. The molecule has 2 heterocycles. The minimum atomic E-state index is -0.250. The van der Waals surface area contributed by atoms with Crippen LogP contribution in [-0.4, -0.2) is 57.1 Å². The van der Waals surface area contributed by atoms with Gasteiger partial charge in [0.15, 0.2) is 0 Å². The van der Waals surface area contributed by atoms with Crippen molar-refractivity contribution in [1.82, 2.24) is 19.8 Å². The minimum absolute atomic E-state index is 0.0186. The van der Waals surface area contributed by atoms with Crippen molar-refractivity contribution in [3.63, 3.8) is 0 Å². The number of imidazole rings is 1. The van der Waals surface area contributed by atoms with Crippen LogP contribution in [0.15, 0.2) is 12.5 Å². The van der Waals surface area contributed by atoms with Gasteiger partial charge in [-0.15, -0.1) is 0 Å². The lowest BCUT2D eigenvalue weighted by atomic mass is 10.0. The first kappa shape index (κ1) is 17.2. The SMILES string of the molecule is Cn1cncc1C(=O)NCC(C)(C)N1CCCC1.O=CO. The number of aryl methyl sites for hydroxylation is 1. The molecule has 1 fully saturated rings. The summed E-state index contributed by atoms with van der Waals surface area (Å²) in [5.74, 6) is -0.0535. The van der Waals surface area contributed by atoms with Gasteiger partial charge < -0.3 is 15.0 Å². The Morgan fingerprint density at radius 1 is 1.48 bits per heavy atom. The summed E-state index contributed by atoms with van der Waals surface area (Å²) in [6.45, 7) is 7.05. The van der Waals surface area contributed by atoms with Crippen molar-refractivity contribution in [2.45, 2.75) is 32.2 Å². The van der Waals surface area contributed by atoms with E-state index in [1.807, 2.05) is 7.05 Å². The van der Waals surface area contributed by atoms with Crippen molar-refractivity contribution in [2.75, 3.05) is 19.6 Å². The predicted molar refractivity (Wildman–Crippen MR) is 79.1 cm³/mol. The standard InChI is InChI=1S/C13H22N4O.CH2O2/c1-13(2,17-6-4-5-7-17)9-15-12(18)11-8-14-10-16(11)3;2-1-3/h8,10H,4-7,9H2,1-3H3,(H,15,18);1H,(H,2,3). The molecule has 1 amide bonds. The average molecular weight is 296 g/mol. The molecule has 0 radical (unpaired) electrons. The number of carbonyl (C=O) groups is 2. The van der Waals surface area contributed by atoms with Crippen molar-refractivity contribution in [1.29, 1.82) is 0 Å². The Bertz CT molecular complexity index is 465. The normalized spacial score (nSPS) is 15.2. The van der Waals surface area contributed by atoms with Gasteiger partial charge in [-0.2, -0.15) is 0 Å². The first-order valence-corrected chi connectivity index (χ1v) is 7.00. The third-order valence-electron chi connectivity index (χ3n) is 3.69. The fraction of sp³-hybridized carbons (Fsp3) is 0.643. The van der Waals surface area contributed by atoms with Crippen molar-refractivity contribution >= 4 is 12.4 Å². The Morgan fingerprint density at radius 2 is 2.05 bits per heavy atom. The zero-order valence-electron chi connectivity index (χ0n) is 12.9. The molecule has 1 aromatic rings. The zero-order valence-corrected chi connectivity index (χ0v) is 12.9. The predicted octanol–water partition coefficient (Wildman–Crippen LogP) is 0.725. The molecular weight excluding hydrogens is 272 g/mol. The van der Waals surface area contributed by atoms with E-state index < -0.39 is 0 Å². The molecule has 1 aliphatic heterocycles. The van der Waals surface area contributed by atoms with Crippen LogP contribution in [0.2, 0.25) is 0 Å². The molecular formula is C14H24N4O3. The van der Waals surface area contributed by atoms with Crippen LogP contribution in [0.5, 0.6) is 0 Å². The third-order valence-corrected chi connectivity index (χ3v) is 3.69. The molecule has 2 rings (SSSR count). The van der Waals surface area contributed by atoms with Gasteiger partial charge in [-0.3, -0.25) is 14.5 Å². The number of aromatic nitrogens is 2. The molecule has 2 N–H and O–H groups in total. The number of amides is 1. The topological polar surface area (TPSA) is 87.5 Å². The maximum absolute atomic E-state index is 12.0. The third kappa shape index (κ3) is 4.86. The van der Waals surface area contributed by atoms with Crippen LogP contribution < -0.4 is 5.32 Å². The second-order valence-corrected chi connectivity index (χ2v) is 5.68. The van der Waals surface area contributed by atoms with Gasteiger partial charge in [-0.05, 0) is 39.8 Å². The van der Waals surface area contributed by atoms with Gasteiger partial charge in [0.25, 0.3) is 12.4 Å². The summed E-state index contributed by atoms with van der Waals surface area (Å²) in [5.41, 5.74) is 0.623. The Labute approximate surface area is 125 Å². The first-order valence-electron chi connectivity index (χ1n) is 7.00. The van der Waals surface area contributed by atoms with Crippen molar-refractivity contribution < 1.29 is 14.7 Å². The van der Waals surface area contributed by atoms with Crippen LogP contribution in [0, 0.1) is 0 Å². The van der Waals surface area contributed by atoms with Crippen LogP contribution in [0.3, 0.4) is 0 Å². The average Bonchev–Trinajstić information content (AvgIpc) is 3.08. The molecule has 0 bridgehead atoms. The van der Waals surface area contributed by atoms with Gasteiger partial charge in [0, 0.05) is 19.1 Å². The van der Waals surface area contributed by atoms with Crippen molar-refractivity contribution in [3.8, 4) is 0 Å². The summed E-state index contributed by atoms with van der Waals surface area (Å²) < 4.78 is 1.73. The summed E-state index contributed by atoms with van der Waals surface area (Å²) in [6, 6.07) is 0. The lowest BCUT2D eigenvalue weighted by Crippen LogP contribution is -2.50. The highest BCUT2D eigenvalue weighted by molar-refractivity contribution is 5.92. The van der Waals surface area contributed by atoms with E-state index in [2.05, 4.69) is 29.0 Å². The van der Waals surface area contributed by atoms with E-state index in [0.717, 1.165) is 13.1 Å². The van der Waals surface area contributed by atoms with Gasteiger partial charge in [-0.25, -0.2) is 4.98 Å². The number of carbonyl (C=O) groups excluding carboxylic acids is 1. The molecule has 0 spiro atoms. The number of hydrogen-bond acceptors (Lipinski definition) is 4. The molecule has 7 nitrogen and oxygen atoms in total. The molecule has 21 heavy (non-hydrogen) atoms. The summed E-state index contributed by atoms with van der Waals surface area (Å²) in [6.07, 6.45) is 5.76. The van der Waals surface area contributed by atoms with Crippen LogP contribution in [0.25, 0.3) is 0 Å². The second-order valence-electron chi connectivity index (χ2n) is 5.68.